The zero-order chi connectivity index (χ0) is 14.3. The van der Waals surface area contributed by atoms with Gasteiger partial charge in [0.15, 0.2) is 5.82 Å². The molecule has 1 unspecified atom stereocenters. The van der Waals surface area contributed by atoms with Crippen LogP contribution in [0.4, 0.5) is 0 Å². The van der Waals surface area contributed by atoms with Gasteiger partial charge in [0.05, 0.1) is 13.0 Å². The second kappa shape index (κ2) is 7.83. The number of carboxylic acids is 1. The Morgan fingerprint density at radius 2 is 2.21 bits per heavy atom. The first kappa shape index (κ1) is 15.6. The lowest BCUT2D eigenvalue weighted by Crippen LogP contribution is -2.35. The van der Waals surface area contributed by atoms with E-state index in [9.17, 15) is 4.79 Å². The summed E-state index contributed by atoms with van der Waals surface area (Å²) in [5.74, 6) is 0.0177. The molecule has 1 aromatic rings. The van der Waals surface area contributed by atoms with Gasteiger partial charge in [0, 0.05) is 12.6 Å². The molecular formula is C12H23N5O2. The van der Waals surface area contributed by atoms with Gasteiger partial charge in [0.25, 0.3) is 0 Å². The molecule has 0 radical (unpaired) electrons. The Morgan fingerprint density at radius 1 is 1.47 bits per heavy atom. The van der Waals surface area contributed by atoms with Crippen molar-refractivity contribution in [2.45, 2.75) is 59.2 Å². The molecular weight excluding hydrogens is 246 g/mol. The zero-order valence-corrected chi connectivity index (χ0v) is 11.9. The first-order valence-electron chi connectivity index (χ1n) is 6.79. The van der Waals surface area contributed by atoms with Crippen LogP contribution in [0.25, 0.3) is 0 Å². The van der Waals surface area contributed by atoms with Gasteiger partial charge in [-0.3, -0.25) is 9.69 Å². The quantitative estimate of drug-likeness (QED) is 0.724. The van der Waals surface area contributed by atoms with Crippen LogP contribution in [0.5, 0.6) is 0 Å². The average Bonchev–Trinajstić information content (AvgIpc) is 2.79. The van der Waals surface area contributed by atoms with Gasteiger partial charge in [0.1, 0.15) is 0 Å². The lowest BCUT2D eigenvalue weighted by atomic mass is 10.2. The number of aryl methyl sites for hydroxylation is 1. The minimum absolute atomic E-state index is 0.0289. The topological polar surface area (TPSA) is 84.1 Å². The molecule has 1 N–H and O–H groups in total. The van der Waals surface area contributed by atoms with Crippen molar-refractivity contribution in [1.29, 1.82) is 0 Å². The molecule has 0 aromatic carbocycles. The zero-order valence-electron chi connectivity index (χ0n) is 11.9. The minimum Gasteiger partial charge on any atom is -0.481 e. The molecule has 0 bridgehead atoms. The SMILES string of the molecule is CCCCn1nnnc1CN(CC)C(C)CC(=O)O. The number of tetrazole rings is 1. The summed E-state index contributed by atoms with van der Waals surface area (Å²) >= 11 is 0. The third-order valence-electron chi connectivity index (χ3n) is 3.17. The molecule has 0 aliphatic carbocycles. The van der Waals surface area contributed by atoms with Gasteiger partial charge in [-0.05, 0) is 30.3 Å². The third kappa shape index (κ3) is 4.94. The molecule has 0 saturated carbocycles. The van der Waals surface area contributed by atoms with Crippen LogP contribution in [0.3, 0.4) is 0 Å². The average molecular weight is 269 g/mol. The van der Waals surface area contributed by atoms with E-state index < -0.39 is 5.97 Å². The summed E-state index contributed by atoms with van der Waals surface area (Å²) < 4.78 is 1.81. The Bertz CT molecular complexity index is 393. The van der Waals surface area contributed by atoms with E-state index in [-0.39, 0.29) is 12.5 Å². The summed E-state index contributed by atoms with van der Waals surface area (Å²) in [5.41, 5.74) is 0. The molecule has 1 atom stereocenters. The van der Waals surface area contributed by atoms with Gasteiger partial charge in [-0.25, -0.2) is 4.68 Å². The van der Waals surface area contributed by atoms with E-state index in [0.717, 1.165) is 31.8 Å². The third-order valence-corrected chi connectivity index (χ3v) is 3.17. The maximum atomic E-state index is 10.8. The molecule has 0 amide bonds. The number of unbranched alkanes of at least 4 members (excludes halogenated alkanes) is 1. The standard InChI is InChI=1S/C12H23N5O2/c1-4-6-7-17-11(13-14-15-17)9-16(5-2)10(3)8-12(18)19/h10H,4-9H2,1-3H3,(H,18,19). The van der Waals surface area contributed by atoms with E-state index in [1.54, 1.807) is 4.68 Å². The van der Waals surface area contributed by atoms with E-state index in [0.29, 0.717) is 6.54 Å². The molecule has 0 spiro atoms. The summed E-state index contributed by atoms with van der Waals surface area (Å²) in [5, 5.41) is 20.6. The van der Waals surface area contributed by atoms with E-state index in [1.807, 2.05) is 13.8 Å². The maximum Gasteiger partial charge on any atom is 0.304 e. The fraction of sp³-hybridized carbons (Fsp3) is 0.833. The smallest absolute Gasteiger partial charge is 0.304 e. The fourth-order valence-corrected chi connectivity index (χ4v) is 1.96. The molecule has 1 heterocycles. The van der Waals surface area contributed by atoms with Crippen molar-refractivity contribution in [3.63, 3.8) is 0 Å². The van der Waals surface area contributed by atoms with Crippen molar-refractivity contribution < 1.29 is 9.90 Å². The van der Waals surface area contributed by atoms with Gasteiger partial charge < -0.3 is 5.11 Å². The number of aromatic nitrogens is 4. The highest BCUT2D eigenvalue weighted by Crippen LogP contribution is 2.09. The summed E-state index contributed by atoms with van der Waals surface area (Å²) in [6.07, 6.45) is 2.26. The first-order chi connectivity index (χ1) is 9.08. The largest absolute Gasteiger partial charge is 0.481 e. The molecule has 108 valence electrons. The van der Waals surface area contributed by atoms with Crippen molar-refractivity contribution >= 4 is 5.97 Å². The van der Waals surface area contributed by atoms with Crippen molar-refractivity contribution in [2.24, 2.45) is 0 Å². The molecule has 1 aromatic heterocycles. The molecule has 7 heteroatoms. The number of hydrogen-bond acceptors (Lipinski definition) is 5. The number of nitrogens with zero attached hydrogens (tertiary/aromatic N) is 5. The van der Waals surface area contributed by atoms with Gasteiger partial charge in [-0.1, -0.05) is 20.3 Å². The number of carbonyl (C=O) groups is 1. The number of rotatable bonds is 9. The van der Waals surface area contributed by atoms with Crippen LogP contribution >= 0.6 is 0 Å². The van der Waals surface area contributed by atoms with Crippen LogP contribution < -0.4 is 0 Å². The highest BCUT2D eigenvalue weighted by Gasteiger charge is 2.18. The number of hydrogen-bond donors (Lipinski definition) is 1. The van der Waals surface area contributed by atoms with E-state index in [4.69, 9.17) is 5.11 Å². The summed E-state index contributed by atoms with van der Waals surface area (Å²) in [6.45, 7) is 8.22. The Balaban J connectivity index is 2.64. The van der Waals surface area contributed by atoms with Crippen molar-refractivity contribution in [2.75, 3.05) is 6.54 Å². The number of aliphatic carboxylic acids is 1. The minimum atomic E-state index is -0.781. The van der Waals surface area contributed by atoms with Crippen LogP contribution in [0, 0.1) is 0 Å². The Morgan fingerprint density at radius 3 is 2.79 bits per heavy atom. The van der Waals surface area contributed by atoms with E-state index in [2.05, 4.69) is 27.3 Å². The Hall–Kier alpha value is -1.50. The van der Waals surface area contributed by atoms with Crippen molar-refractivity contribution in [3.8, 4) is 0 Å². The summed E-state index contributed by atoms with van der Waals surface area (Å²) in [6, 6.07) is -0.0289. The highest BCUT2D eigenvalue weighted by atomic mass is 16.4. The van der Waals surface area contributed by atoms with Crippen LogP contribution in [0.15, 0.2) is 0 Å². The van der Waals surface area contributed by atoms with Gasteiger partial charge in [-0.2, -0.15) is 0 Å². The normalized spacial score (nSPS) is 12.8. The predicted octanol–water partition coefficient (Wildman–Crippen LogP) is 1.16. The molecule has 1 rings (SSSR count). The Kier molecular flexibility index (Phi) is 6.41. The van der Waals surface area contributed by atoms with E-state index >= 15 is 0 Å². The van der Waals surface area contributed by atoms with E-state index in [1.165, 1.54) is 0 Å². The number of carboxylic acid groups (broad SMARTS) is 1. The summed E-state index contributed by atoms with van der Waals surface area (Å²) in [7, 11) is 0. The van der Waals surface area contributed by atoms with Crippen molar-refractivity contribution in [3.05, 3.63) is 5.82 Å². The summed E-state index contributed by atoms with van der Waals surface area (Å²) in [4.78, 5) is 12.8. The van der Waals surface area contributed by atoms with Gasteiger partial charge in [0.2, 0.25) is 0 Å². The molecule has 0 fully saturated rings. The monoisotopic (exact) mass is 269 g/mol. The predicted molar refractivity (Wildman–Crippen MR) is 70.5 cm³/mol. The van der Waals surface area contributed by atoms with Crippen LogP contribution in [0.1, 0.15) is 45.9 Å². The van der Waals surface area contributed by atoms with Gasteiger partial charge >= 0.3 is 5.97 Å². The molecule has 19 heavy (non-hydrogen) atoms. The van der Waals surface area contributed by atoms with Crippen LogP contribution in [-0.4, -0.2) is 48.8 Å². The second-order valence-electron chi connectivity index (χ2n) is 4.68. The van der Waals surface area contributed by atoms with Crippen LogP contribution in [0.2, 0.25) is 0 Å². The van der Waals surface area contributed by atoms with Crippen LogP contribution in [-0.2, 0) is 17.9 Å². The molecule has 0 aliphatic heterocycles. The highest BCUT2D eigenvalue weighted by molar-refractivity contribution is 5.67. The lowest BCUT2D eigenvalue weighted by molar-refractivity contribution is -0.138. The lowest BCUT2D eigenvalue weighted by Gasteiger charge is -2.25. The second-order valence-corrected chi connectivity index (χ2v) is 4.68. The molecule has 0 aliphatic rings. The fourth-order valence-electron chi connectivity index (χ4n) is 1.96. The molecule has 0 saturated heterocycles. The first-order valence-corrected chi connectivity index (χ1v) is 6.79. The molecule has 7 nitrogen and oxygen atoms in total. The Labute approximate surface area is 113 Å². The maximum absolute atomic E-state index is 10.8. The van der Waals surface area contributed by atoms with Gasteiger partial charge in [-0.15, -0.1) is 5.10 Å². The van der Waals surface area contributed by atoms with Crippen molar-refractivity contribution in [1.82, 2.24) is 25.1 Å².